The summed E-state index contributed by atoms with van der Waals surface area (Å²) >= 11 is 3.48. The monoisotopic (exact) mass is 470 g/mol. The summed E-state index contributed by atoms with van der Waals surface area (Å²) in [7, 11) is -2.16. The summed E-state index contributed by atoms with van der Waals surface area (Å²) in [5.74, 6) is 1.75. The zero-order valence-electron chi connectivity index (χ0n) is 17.0. The lowest BCUT2D eigenvalue weighted by atomic mass is 10.2. The number of thioether (sulfide) groups is 2. The molecule has 1 aromatic heterocycles. The van der Waals surface area contributed by atoms with Crippen molar-refractivity contribution >= 4 is 45.8 Å². The van der Waals surface area contributed by atoms with Gasteiger partial charge in [-0.25, -0.2) is 4.79 Å². The summed E-state index contributed by atoms with van der Waals surface area (Å²) in [4.78, 5) is 15.6. The number of rotatable bonds is 7. The Morgan fingerprint density at radius 3 is 2.70 bits per heavy atom. The predicted octanol–water partition coefficient (Wildman–Crippen LogP) is 1.67. The minimum atomic E-state index is -3.94. The van der Waals surface area contributed by atoms with Crippen LogP contribution < -0.4 is 16.5 Å². The second-order valence-electron chi connectivity index (χ2n) is 7.09. The van der Waals surface area contributed by atoms with E-state index in [1.165, 1.54) is 10.5 Å². The lowest BCUT2D eigenvalue weighted by Gasteiger charge is -2.17. The molecule has 10 heteroatoms. The van der Waals surface area contributed by atoms with Crippen LogP contribution in [0, 0.1) is 0 Å². The van der Waals surface area contributed by atoms with Gasteiger partial charge < -0.3 is 13.9 Å². The van der Waals surface area contributed by atoms with E-state index in [-0.39, 0.29) is 5.75 Å². The van der Waals surface area contributed by atoms with Crippen LogP contribution >= 0.6 is 23.5 Å². The summed E-state index contributed by atoms with van der Waals surface area (Å²) in [5.41, 5.74) is 1.46. The number of nitrogens with zero attached hydrogens (tertiary/aromatic N) is 2. The van der Waals surface area contributed by atoms with Crippen molar-refractivity contribution in [3.63, 3.8) is 0 Å². The average Bonchev–Trinajstić information content (AvgIpc) is 3.34. The van der Waals surface area contributed by atoms with Crippen LogP contribution in [0.5, 0.6) is 0 Å². The molecular weight excluding hydrogens is 444 g/mol. The zero-order chi connectivity index (χ0) is 21.7. The molecule has 7 nitrogen and oxygen atoms in total. The van der Waals surface area contributed by atoms with Crippen LogP contribution in [0.3, 0.4) is 0 Å². The van der Waals surface area contributed by atoms with Crippen LogP contribution in [-0.4, -0.2) is 52.8 Å². The highest BCUT2D eigenvalue weighted by Gasteiger charge is 2.17. The number of allylic oxidation sites excluding steroid dienone is 4. The minimum absolute atomic E-state index is 0.256. The van der Waals surface area contributed by atoms with E-state index in [1.807, 2.05) is 30.0 Å². The van der Waals surface area contributed by atoms with Gasteiger partial charge in [-0.3, -0.25) is 4.55 Å². The molecule has 0 saturated carbocycles. The molecule has 1 N–H and O–H groups in total. The summed E-state index contributed by atoms with van der Waals surface area (Å²) in [5, 5.41) is 1.41. The SMILES string of the molecule is CC1=C(/C=C/C=c2/oc(=O)/c(=C/C=C3\SCCN3CCCS(=O)(=O)O)n2C)SCC1. The van der Waals surface area contributed by atoms with Gasteiger partial charge in [0.15, 0.2) is 0 Å². The second kappa shape index (κ2) is 10.1. The van der Waals surface area contributed by atoms with Gasteiger partial charge >= 0.3 is 5.63 Å². The van der Waals surface area contributed by atoms with Crippen molar-refractivity contribution in [2.75, 3.05) is 30.3 Å². The summed E-state index contributed by atoms with van der Waals surface area (Å²) < 4.78 is 37.8. The molecule has 164 valence electrons. The van der Waals surface area contributed by atoms with Gasteiger partial charge in [0.25, 0.3) is 10.1 Å². The maximum absolute atomic E-state index is 12.3. The van der Waals surface area contributed by atoms with E-state index in [9.17, 15) is 13.2 Å². The molecule has 3 rings (SSSR count). The Morgan fingerprint density at radius 2 is 2.00 bits per heavy atom. The van der Waals surface area contributed by atoms with E-state index in [1.54, 1.807) is 35.5 Å². The van der Waals surface area contributed by atoms with Crippen LogP contribution in [-0.2, 0) is 17.2 Å². The van der Waals surface area contributed by atoms with E-state index < -0.39 is 15.7 Å². The molecule has 0 atom stereocenters. The first-order valence-corrected chi connectivity index (χ1v) is 13.2. The Hall–Kier alpha value is -1.62. The number of oxazole rings is 1. The largest absolute Gasteiger partial charge is 0.405 e. The Morgan fingerprint density at radius 1 is 1.20 bits per heavy atom. The molecule has 2 aliphatic rings. The van der Waals surface area contributed by atoms with Crippen molar-refractivity contribution in [3.8, 4) is 0 Å². The third-order valence-electron chi connectivity index (χ3n) is 4.88. The number of aromatic nitrogens is 1. The van der Waals surface area contributed by atoms with Crippen molar-refractivity contribution in [2.45, 2.75) is 19.8 Å². The summed E-state index contributed by atoms with van der Waals surface area (Å²) in [6, 6.07) is 0. The van der Waals surface area contributed by atoms with E-state index in [0.29, 0.717) is 23.9 Å². The van der Waals surface area contributed by atoms with Crippen molar-refractivity contribution in [3.05, 3.63) is 55.1 Å². The van der Waals surface area contributed by atoms with Gasteiger partial charge in [-0.1, -0.05) is 11.6 Å². The first-order chi connectivity index (χ1) is 14.2. The highest BCUT2D eigenvalue weighted by molar-refractivity contribution is 8.03. The lowest BCUT2D eigenvalue weighted by Crippen LogP contribution is -2.29. The zero-order valence-corrected chi connectivity index (χ0v) is 19.5. The molecule has 0 unspecified atom stereocenters. The first kappa shape index (κ1) is 23.1. The van der Waals surface area contributed by atoms with E-state index in [0.717, 1.165) is 29.5 Å². The number of hydrogen-bond acceptors (Lipinski definition) is 7. The fourth-order valence-corrected chi connectivity index (χ4v) is 5.89. The molecule has 2 aliphatic heterocycles. The minimum Gasteiger partial charge on any atom is -0.405 e. The molecule has 1 saturated heterocycles. The van der Waals surface area contributed by atoms with Crippen molar-refractivity contribution < 1.29 is 17.4 Å². The molecular formula is C20H26N2O5S3. The molecule has 0 aromatic carbocycles. The Labute approximate surface area is 184 Å². The molecule has 1 aromatic rings. The molecule has 30 heavy (non-hydrogen) atoms. The molecule has 1 fully saturated rings. The molecule has 0 aliphatic carbocycles. The van der Waals surface area contributed by atoms with Gasteiger partial charge in [0.1, 0.15) is 5.35 Å². The molecule has 0 radical (unpaired) electrons. The van der Waals surface area contributed by atoms with Crippen LogP contribution in [0.2, 0.25) is 0 Å². The van der Waals surface area contributed by atoms with E-state index in [2.05, 4.69) is 11.8 Å². The van der Waals surface area contributed by atoms with Gasteiger partial charge in [-0.15, -0.1) is 23.5 Å². The van der Waals surface area contributed by atoms with E-state index >= 15 is 0 Å². The van der Waals surface area contributed by atoms with Crippen LogP contribution in [0.1, 0.15) is 19.8 Å². The summed E-state index contributed by atoms with van der Waals surface area (Å²) in [6.07, 6.45) is 10.8. The van der Waals surface area contributed by atoms with Gasteiger partial charge in [0.05, 0.1) is 10.8 Å². The number of hydrogen-bond donors (Lipinski definition) is 1. The third-order valence-corrected chi connectivity index (χ3v) is 7.96. The van der Waals surface area contributed by atoms with E-state index in [4.69, 9.17) is 8.97 Å². The van der Waals surface area contributed by atoms with Crippen LogP contribution in [0.15, 0.2) is 42.9 Å². The smallest absolute Gasteiger partial charge is 0.361 e. The van der Waals surface area contributed by atoms with Gasteiger partial charge in [0, 0.05) is 36.5 Å². The molecule has 3 heterocycles. The van der Waals surface area contributed by atoms with Gasteiger partial charge in [-0.2, -0.15) is 8.42 Å². The van der Waals surface area contributed by atoms with Crippen LogP contribution in [0.25, 0.3) is 12.2 Å². The maximum Gasteiger partial charge on any atom is 0.361 e. The Kier molecular flexibility index (Phi) is 7.78. The normalized spacial score (nSPS) is 20.6. The summed E-state index contributed by atoms with van der Waals surface area (Å²) in [6.45, 7) is 3.47. The average molecular weight is 471 g/mol. The molecule has 0 bridgehead atoms. The quantitative estimate of drug-likeness (QED) is 0.602. The van der Waals surface area contributed by atoms with Crippen molar-refractivity contribution in [2.24, 2.45) is 7.05 Å². The van der Waals surface area contributed by atoms with Gasteiger partial charge in [0.2, 0.25) is 5.55 Å². The topological polar surface area (TPSA) is 92.8 Å². The maximum atomic E-state index is 12.3. The van der Waals surface area contributed by atoms with Crippen LogP contribution in [0.4, 0.5) is 0 Å². The fraction of sp³-hybridized carbons (Fsp3) is 0.450. The first-order valence-electron chi connectivity index (χ1n) is 9.66. The second-order valence-corrected chi connectivity index (χ2v) is 10.9. The highest BCUT2D eigenvalue weighted by Crippen LogP contribution is 2.31. The highest BCUT2D eigenvalue weighted by atomic mass is 32.2. The predicted molar refractivity (Wildman–Crippen MR) is 124 cm³/mol. The lowest BCUT2D eigenvalue weighted by molar-refractivity contribution is 0.398. The van der Waals surface area contributed by atoms with Crippen molar-refractivity contribution in [1.29, 1.82) is 0 Å². The van der Waals surface area contributed by atoms with Crippen molar-refractivity contribution in [1.82, 2.24) is 9.47 Å². The Balaban J connectivity index is 1.77. The Bertz CT molecular complexity index is 1160. The standard InChI is InChI=1S/C20H26N2O5S3/c1-15-9-12-28-17(15)5-3-6-18-21(2)16(20(23)27-18)7-8-19-22(11-13-29-19)10-4-14-30(24,25)26/h3,5-8H,4,9-14H2,1-2H3,(H,24,25,26)/b5-3+,16-7-,18-6+,19-8-. The molecule has 0 amide bonds. The molecule has 0 spiro atoms. The van der Waals surface area contributed by atoms with Gasteiger partial charge in [-0.05, 0) is 44.1 Å². The fourth-order valence-electron chi connectivity index (χ4n) is 3.19. The third kappa shape index (κ3) is 6.19.